The Bertz CT molecular complexity index is 798. The van der Waals surface area contributed by atoms with Gasteiger partial charge < -0.3 is 0 Å². The van der Waals surface area contributed by atoms with Crippen LogP contribution in [0.3, 0.4) is 0 Å². The van der Waals surface area contributed by atoms with E-state index in [1.54, 1.807) is 0 Å². The summed E-state index contributed by atoms with van der Waals surface area (Å²) in [5.74, 6) is 0. The Morgan fingerprint density at radius 2 is 1.48 bits per heavy atom. The molecule has 1 aromatic heterocycles. The minimum absolute atomic E-state index is 0.204. The highest BCUT2D eigenvalue weighted by Crippen LogP contribution is 2.36. The van der Waals surface area contributed by atoms with Gasteiger partial charge in [-0.2, -0.15) is 5.10 Å². The third-order valence-corrected chi connectivity index (χ3v) is 4.08. The maximum atomic E-state index is 4.87. The maximum Gasteiger partial charge on any atom is 0.0890 e. The summed E-state index contributed by atoms with van der Waals surface area (Å²) < 4.78 is 0. The molecule has 0 aliphatic carbocycles. The van der Waals surface area contributed by atoms with Gasteiger partial charge in [-0.25, -0.2) is 0 Å². The van der Waals surface area contributed by atoms with Crippen molar-refractivity contribution in [2.24, 2.45) is 5.10 Å². The highest BCUT2D eigenvalue weighted by Gasteiger charge is 2.30. The molecule has 0 spiro atoms. The second-order valence-corrected chi connectivity index (χ2v) is 5.57. The Kier molecular flexibility index (Phi) is 3.60. The van der Waals surface area contributed by atoms with E-state index in [9.17, 15) is 0 Å². The van der Waals surface area contributed by atoms with Crippen LogP contribution in [0, 0.1) is 0 Å². The molecule has 0 saturated heterocycles. The molecule has 0 saturated carbocycles. The lowest BCUT2D eigenvalue weighted by Gasteiger charge is -2.23. The lowest BCUT2D eigenvalue weighted by molar-refractivity contribution is 0.709. The molecule has 0 amide bonds. The molecule has 1 aliphatic rings. The van der Waals surface area contributed by atoms with Crippen LogP contribution in [0.5, 0.6) is 0 Å². The molecule has 1 atom stereocenters. The van der Waals surface area contributed by atoms with E-state index in [1.165, 1.54) is 5.56 Å². The van der Waals surface area contributed by atoms with Crippen LogP contribution in [-0.2, 0) is 0 Å². The van der Waals surface area contributed by atoms with E-state index in [1.807, 2.05) is 48.7 Å². The molecule has 3 aromatic rings. The number of hydrogen-bond acceptors (Lipinski definition) is 3. The molecule has 0 radical (unpaired) electrons. The minimum Gasteiger partial charge on any atom is -0.257 e. The number of aromatic nitrogens is 1. The zero-order valence-electron chi connectivity index (χ0n) is 12.7. The second kappa shape index (κ2) is 6.05. The largest absolute Gasteiger partial charge is 0.257 e. The number of hydrogen-bond donors (Lipinski definition) is 0. The molecule has 0 bridgehead atoms. The first kappa shape index (κ1) is 13.7. The summed E-state index contributed by atoms with van der Waals surface area (Å²) in [7, 11) is 0. The summed E-state index contributed by atoms with van der Waals surface area (Å²) in [6, 6.07) is 27.0. The summed E-state index contributed by atoms with van der Waals surface area (Å²) >= 11 is 0. The van der Waals surface area contributed by atoms with Gasteiger partial charge >= 0.3 is 0 Å². The molecule has 2 aromatic carbocycles. The topological polar surface area (TPSA) is 28.5 Å². The molecule has 0 N–H and O–H groups in total. The Morgan fingerprint density at radius 1 is 0.783 bits per heavy atom. The molecule has 23 heavy (non-hydrogen) atoms. The summed E-state index contributed by atoms with van der Waals surface area (Å²) in [6.07, 6.45) is 2.68. The first-order chi connectivity index (χ1) is 11.4. The van der Waals surface area contributed by atoms with E-state index in [2.05, 4.69) is 46.4 Å². The first-order valence-corrected chi connectivity index (χ1v) is 7.80. The molecule has 3 heteroatoms. The van der Waals surface area contributed by atoms with Crippen molar-refractivity contribution >= 4 is 11.4 Å². The highest BCUT2D eigenvalue weighted by atomic mass is 15.5. The Hall–Kier alpha value is -2.94. The van der Waals surface area contributed by atoms with Gasteiger partial charge in [-0.15, -0.1) is 0 Å². The predicted octanol–water partition coefficient (Wildman–Crippen LogP) is 4.44. The van der Waals surface area contributed by atoms with E-state index < -0.39 is 0 Å². The Balaban J connectivity index is 1.75. The zero-order valence-corrected chi connectivity index (χ0v) is 12.7. The van der Waals surface area contributed by atoms with E-state index in [0.717, 1.165) is 23.5 Å². The molecule has 112 valence electrons. The summed E-state index contributed by atoms with van der Waals surface area (Å²) in [4.78, 5) is 4.46. The van der Waals surface area contributed by atoms with Crippen molar-refractivity contribution in [1.82, 2.24) is 4.98 Å². The van der Waals surface area contributed by atoms with Crippen LogP contribution in [-0.4, -0.2) is 10.7 Å². The van der Waals surface area contributed by atoms with E-state index in [4.69, 9.17) is 5.10 Å². The Labute approximate surface area is 135 Å². The molecular weight excluding hydrogens is 282 g/mol. The van der Waals surface area contributed by atoms with Gasteiger partial charge in [0.15, 0.2) is 0 Å². The average Bonchev–Trinajstić information content (AvgIpc) is 3.09. The van der Waals surface area contributed by atoms with Gasteiger partial charge in [0.2, 0.25) is 0 Å². The van der Waals surface area contributed by atoms with E-state index in [-0.39, 0.29) is 6.04 Å². The molecule has 4 rings (SSSR count). The second-order valence-electron chi connectivity index (χ2n) is 5.57. The van der Waals surface area contributed by atoms with Crippen molar-refractivity contribution in [3.8, 4) is 0 Å². The van der Waals surface area contributed by atoms with Gasteiger partial charge in [-0.05, 0) is 29.8 Å². The predicted molar refractivity (Wildman–Crippen MR) is 93.5 cm³/mol. The van der Waals surface area contributed by atoms with Crippen LogP contribution in [0.15, 0.2) is 90.2 Å². The van der Waals surface area contributed by atoms with Crippen molar-refractivity contribution < 1.29 is 0 Å². The summed E-state index contributed by atoms with van der Waals surface area (Å²) in [5.41, 5.74) is 4.36. The number of para-hydroxylation sites is 1. The monoisotopic (exact) mass is 299 g/mol. The van der Waals surface area contributed by atoms with Gasteiger partial charge in [0, 0.05) is 12.6 Å². The van der Waals surface area contributed by atoms with Crippen molar-refractivity contribution in [1.29, 1.82) is 0 Å². The number of rotatable bonds is 3. The third-order valence-electron chi connectivity index (χ3n) is 4.08. The van der Waals surface area contributed by atoms with Gasteiger partial charge in [0.25, 0.3) is 0 Å². The van der Waals surface area contributed by atoms with E-state index in [0.29, 0.717) is 0 Å². The molecule has 0 fully saturated rings. The SMILES string of the molecule is c1ccc(C2CC(c3ccccn3)=NN2c2ccccc2)cc1. The maximum absolute atomic E-state index is 4.87. The summed E-state index contributed by atoms with van der Waals surface area (Å²) in [5, 5.41) is 6.98. The smallest absolute Gasteiger partial charge is 0.0890 e. The number of anilines is 1. The van der Waals surface area contributed by atoms with Crippen molar-refractivity contribution in [3.05, 3.63) is 96.3 Å². The van der Waals surface area contributed by atoms with Crippen LogP contribution in [0.25, 0.3) is 0 Å². The van der Waals surface area contributed by atoms with E-state index >= 15 is 0 Å². The van der Waals surface area contributed by atoms with Crippen molar-refractivity contribution in [2.45, 2.75) is 12.5 Å². The fraction of sp³-hybridized carbons (Fsp3) is 0.100. The molecular formula is C20H17N3. The first-order valence-electron chi connectivity index (χ1n) is 7.80. The number of hydrazone groups is 1. The highest BCUT2D eigenvalue weighted by molar-refractivity contribution is 6.01. The molecule has 1 aliphatic heterocycles. The number of pyridine rings is 1. The third kappa shape index (κ3) is 2.73. The van der Waals surface area contributed by atoms with Crippen molar-refractivity contribution in [2.75, 3.05) is 5.01 Å². The molecule has 1 unspecified atom stereocenters. The normalized spacial score (nSPS) is 17.1. The standard InChI is InChI=1S/C20H17N3/c1-3-9-16(10-4-1)20-15-19(18-13-7-8-14-21-18)22-23(20)17-11-5-2-6-12-17/h1-14,20H,15H2. The van der Waals surface area contributed by atoms with Crippen LogP contribution < -0.4 is 5.01 Å². The van der Waals surface area contributed by atoms with Crippen LogP contribution >= 0.6 is 0 Å². The zero-order chi connectivity index (χ0) is 15.5. The summed E-state index contributed by atoms with van der Waals surface area (Å²) in [6.45, 7) is 0. The lowest BCUT2D eigenvalue weighted by atomic mass is 10.00. The quantitative estimate of drug-likeness (QED) is 0.715. The van der Waals surface area contributed by atoms with Gasteiger partial charge in [-0.1, -0.05) is 54.6 Å². The van der Waals surface area contributed by atoms with Gasteiger partial charge in [0.05, 0.1) is 23.1 Å². The fourth-order valence-corrected chi connectivity index (χ4v) is 2.95. The number of benzene rings is 2. The average molecular weight is 299 g/mol. The lowest BCUT2D eigenvalue weighted by Crippen LogP contribution is -2.18. The molecule has 3 nitrogen and oxygen atoms in total. The van der Waals surface area contributed by atoms with Gasteiger partial charge in [-0.3, -0.25) is 9.99 Å². The fourth-order valence-electron chi connectivity index (χ4n) is 2.95. The Morgan fingerprint density at radius 3 is 2.17 bits per heavy atom. The number of nitrogens with zero attached hydrogens (tertiary/aromatic N) is 3. The molecule has 2 heterocycles. The van der Waals surface area contributed by atoms with Crippen molar-refractivity contribution in [3.63, 3.8) is 0 Å². The van der Waals surface area contributed by atoms with Crippen LogP contribution in [0.4, 0.5) is 5.69 Å². The van der Waals surface area contributed by atoms with Gasteiger partial charge in [0.1, 0.15) is 0 Å². The van der Waals surface area contributed by atoms with Crippen LogP contribution in [0.1, 0.15) is 23.7 Å². The van der Waals surface area contributed by atoms with Crippen LogP contribution in [0.2, 0.25) is 0 Å². The minimum atomic E-state index is 0.204.